The third kappa shape index (κ3) is 4.16. The molecule has 2 aromatic carbocycles. The van der Waals surface area contributed by atoms with Crippen molar-refractivity contribution in [2.45, 2.75) is 6.92 Å². The SMILES string of the molecule is Cc1ccc(NC(=O)CN(C)C(=O)c2ccc(-n3cccn3)cc2)cc1. The summed E-state index contributed by atoms with van der Waals surface area (Å²) in [6.45, 7) is 1.96. The number of hydrogen-bond acceptors (Lipinski definition) is 3. The van der Waals surface area contributed by atoms with Crippen LogP contribution in [0.3, 0.4) is 0 Å². The van der Waals surface area contributed by atoms with Crippen molar-refractivity contribution in [1.29, 1.82) is 0 Å². The van der Waals surface area contributed by atoms with Gasteiger partial charge in [0.1, 0.15) is 0 Å². The molecule has 6 heteroatoms. The molecule has 6 nitrogen and oxygen atoms in total. The van der Waals surface area contributed by atoms with Crippen molar-refractivity contribution < 1.29 is 9.59 Å². The first-order chi connectivity index (χ1) is 12.5. The molecule has 3 rings (SSSR count). The van der Waals surface area contributed by atoms with Crippen LogP contribution in [0.15, 0.2) is 67.0 Å². The Hall–Kier alpha value is -3.41. The number of carbonyl (C=O) groups excluding carboxylic acids is 2. The molecule has 0 aliphatic carbocycles. The molecule has 0 radical (unpaired) electrons. The maximum absolute atomic E-state index is 12.5. The van der Waals surface area contributed by atoms with Gasteiger partial charge in [0.2, 0.25) is 5.91 Å². The molecule has 1 heterocycles. The van der Waals surface area contributed by atoms with Crippen LogP contribution in [0.4, 0.5) is 5.69 Å². The van der Waals surface area contributed by atoms with Crippen LogP contribution in [0.5, 0.6) is 0 Å². The summed E-state index contributed by atoms with van der Waals surface area (Å²) in [7, 11) is 1.61. The fourth-order valence-corrected chi connectivity index (χ4v) is 2.52. The highest BCUT2D eigenvalue weighted by molar-refractivity contribution is 5.99. The number of carbonyl (C=O) groups is 2. The summed E-state index contributed by atoms with van der Waals surface area (Å²) < 4.78 is 1.72. The number of anilines is 1. The van der Waals surface area contributed by atoms with Gasteiger partial charge in [-0.15, -0.1) is 0 Å². The van der Waals surface area contributed by atoms with E-state index in [-0.39, 0.29) is 18.4 Å². The van der Waals surface area contributed by atoms with Crippen molar-refractivity contribution in [2.24, 2.45) is 0 Å². The minimum Gasteiger partial charge on any atom is -0.332 e. The molecule has 0 saturated heterocycles. The van der Waals surface area contributed by atoms with Gasteiger partial charge in [-0.3, -0.25) is 9.59 Å². The summed E-state index contributed by atoms with van der Waals surface area (Å²) >= 11 is 0. The number of nitrogens with one attached hydrogen (secondary N) is 1. The van der Waals surface area contributed by atoms with E-state index in [1.165, 1.54) is 4.90 Å². The van der Waals surface area contributed by atoms with Crippen LogP contribution in [-0.2, 0) is 4.79 Å². The number of nitrogens with zero attached hydrogens (tertiary/aromatic N) is 3. The molecular weight excluding hydrogens is 328 g/mol. The lowest BCUT2D eigenvalue weighted by molar-refractivity contribution is -0.116. The molecule has 0 aliphatic heterocycles. The van der Waals surface area contributed by atoms with E-state index in [1.807, 2.05) is 55.6 Å². The number of amides is 2. The lowest BCUT2D eigenvalue weighted by Crippen LogP contribution is -2.34. The van der Waals surface area contributed by atoms with Gasteiger partial charge in [0.25, 0.3) is 5.91 Å². The Morgan fingerprint density at radius 1 is 1.08 bits per heavy atom. The van der Waals surface area contributed by atoms with E-state index in [9.17, 15) is 9.59 Å². The highest BCUT2D eigenvalue weighted by Gasteiger charge is 2.15. The van der Waals surface area contributed by atoms with Crippen molar-refractivity contribution in [1.82, 2.24) is 14.7 Å². The maximum atomic E-state index is 12.5. The van der Waals surface area contributed by atoms with Gasteiger partial charge < -0.3 is 10.2 Å². The molecular formula is C20H20N4O2. The third-order valence-electron chi connectivity index (χ3n) is 3.95. The second kappa shape index (κ2) is 7.65. The van der Waals surface area contributed by atoms with Crippen molar-refractivity contribution in [3.63, 3.8) is 0 Å². The first kappa shape index (κ1) is 17.4. The largest absolute Gasteiger partial charge is 0.332 e. The Labute approximate surface area is 152 Å². The molecule has 0 atom stereocenters. The molecule has 26 heavy (non-hydrogen) atoms. The fourth-order valence-electron chi connectivity index (χ4n) is 2.52. The van der Waals surface area contributed by atoms with Gasteiger partial charge in [0, 0.05) is 30.7 Å². The average molecular weight is 348 g/mol. The summed E-state index contributed by atoms with van der Waals surface area (Å²) in [6.07, 6.45) is 3.53. The predicted molar refractivity (Wildman–Crippen MR) is 100 cm³/mol. The number of hydrogen-bond donors (Lipinski definition) is 1. The second-order valence-corrected chi connectivity index (χ2v) is 6.07. The number of aromatic nitrogens is 2. The lowest BCUT2D eigenvalue weighted by atomic mass is 10.2. The Kier molecular flexibility index (Phi) is 5.12. The van der Waals surface area contributed by atoms with Crippen LogP contribution < -0.4 is 5.32 Å². The van der Waals surface area contributed by atoms with E-state index >= 15 is 0 Å². The van der Waals surface area contributed by atoms with Crippen LogP contribution in [0, 0.1) is 6.92 Å². The van der Waals surface area contributed by atoms with Crippen molar-refractivity contribution >= 4 is 17.5 Å². The first-order valence-electron chi connectivity index (χ1n) is 8.25. The van der Waals surface area contributed by atoms with E-state index in [0.717, 1.165) is 11.3 Å². The Balaban J connectivity index is 1.60. The van der Waals surface area contributed by atoms with E-state index in [0.29, 0.717) is 11.3 Å². The van der Waals surface area contributed by atoms with Gasteiger partial charge in [-0.1, -0.05) is 17.7 Å². The van der Waals surface area contributed by atoms with Crippen LogP contribution >= 0.6 is 0 Å². The molecule has 2 amide bonds. The molecule has 0 unspecified atom stereocenters. The Morgan fingerprint density at radius 2 is 1.77 bits per heavy atom. The minimum atomic E-state index is -0.238. The smallest absolute Gasteiger partial charge is 0.254 e. The van der Waals surface area contributed by atoms with Gasteiger partial charge in [0.05, 0.1) is 12.2 Å². The van der Waals surface area contributed by atoms with Gasteiger partial charge >= 0.3 is 0 Å². The molecule has 0 aliphatic rings. The topological polar surface area (TPSA) is 67.2 Å². The number of rotatable bonds is 5. The zero-order valence-corrected chi connectivity index (χ0v) is 14.7. The number of likely N-dealkylation sites (N-methyl/N-ethyl adjacent to an activating group) is 1. The van der Waals surface area contributed by atoms with E-state index < -0.39 is 0 Å². The van der Waals surface area contributed by atoms with Gasteiger partial charge in [-0.05, 0) is 49.4 Å². The molecule has 0 fully saturated rings. The van der Waals surface area contributed by atoms with Gasteiger partial charge in [0.15, 0.2) is 0 Å². The summed E-state index contributed by atoms with van der Waals surface area (Å²) in [5.41, 5.74) is 3.22. The average Bonchev–Trinajstić information content (AvgIpc) is 3.18. The summed E-state index contributed by atoms with van der Waals surface area (Å²) in [6, 6.07) is 16.4. The quantitative estimate of drug-likeness (QED) is 0.771. The van der Waals surface area contributed by atoms with E-state index in [1.54, 1.807) is 30.1 Å². The Morgan fingerprint density at radius 3 is 2.38 bits per heavy atom. The normalized spacial score (nSPS) is 10.4. The molecule has 0 bridgehead atoms. The molecule has 1 aromatic heterocycles. The molecule has 3 aromatic rings. The third-order valence-corrected chi connectivity index (χ3v) is 3.95. The minimum absolute atomic E-state index is 0.0202. The van der Waals surface area contributed by atoms with Gasteiger partial charge in [-0.2, -0.15) is 5.10 Å². The Bertz CT molecular complexity index is 885. The van der Waals surface area contributed by atoms with Gasteiger partial charge in [-0.25, -0.2) is 4.68 Å². The molecule has 1 N–H and O–H groups in total. The highest BCUT2D eigenvalue weighted by Crippen LogP contribution is 2.11. The molecule has 0 saturated carbocycles. The van der Waals surface area contributed by atoms with Crippen molar-refractivity contribution in [3.8, 4) is 5.69 Å². The van der Waals surface area contributed by atoms with Crippen molar-refractivity contribution in [3.05, 3.63) is 78.1 Å². The van der Waals surface area contributed by atoms with Crippen LogP contribution in [-0.4, -0.2) is 40.1 Å². The van der Waals surface area contributed by atoms with Crippen LogP contribution in [0.1, 0.15) is 15.9 Å². The monoisotopic (exact) mass is 348 g/mol. The summed E-state index contributed by atoms with van der Waals surface area (Å²) in [4.78, 5) is 26.0. The number of benzene rings is 2. The van der Waals surface area contributed by atoms with E-state index in [4.69, 9.17) is 0 Å². The fraction of sp³-hybridized carbons (Fsp3) is 0.150. The lowest BCUT2D eigenvalue weighted by Gasteiger charge is -2.17. The molecule has 132 valence electrons. The highest BCUT2D eigenvalue weighted by atomic mass is 16.2. The summed E-state index contributed by atoms with van der Waals surface area (Å²) in [5.74, 6) is -0.450. The van der Waals surface area contributed by atoms with Crippen LogP contribution in [0.2, 0.25) is 0 Å². The zero-order chi connectivity index (χ0) is 18.5. The predicted octanol–water partition coefficient (Wildman–Crippen LogP) is 2.89. The number of aryl methyl sites for hydroxylation is 1. The van der Waals surface area contributed by atoms with Crippen molar-refractivity contribution in [2.75, 3.05) is 18.9 Å². The van der Waals surface area contributed by atoms with Crippen LogP contribution in [0.25, 0.3) is 5.69 Å². The summed E-state index contributed by atoms with van der Waals surface area (Å²) in [5, 5.41) is 6.94. The van der Waals surface area contributed by atoms with E-state index in [2.05, 4.69) is 10.4 Å². The molecule has 0 spiro atoms. The zero-order valence-electron chi connectivity index (χ0n) is 14.7. The second-order valence-electron chi connectivity index (χ2n) is 6.07. The standard InChI is InChI=1S/C20H20N4O2/c1-15-4-8-17(9-5-15)22-19(25)14-23(2)20(26)16-6-10-18(11-7-16)24-13-3-12-21-24/h3-13H,14H2,1-2H3,(H,22,25). The maximum Gasteiger partial charge on any atom is 0.254 e. The first-order valence-corrected chi connectivity index (χ1v) is 8.25.